The van der Waals surface area contributed by atoms with Gasteiger partial charge in [0.15, 0.2) is 0 Å². The van der Waals surface area contributed by atoms with Crippen molar-refractivity contribution in [1.82, 2.24) is 10.3 Å². The van der Waals surface area contributed by atoms with Gasteiger partial charge in [0, 0.05) is 37.8 Å². The summed E-state index contributed by atoms with van der Waals surface area (Å²) in [7, 11) is 0. The van der Waals surface area contributed by atoms with Gasteiger partial charge in [0.05, 0.1) is 0 Å². The normalized spacial score (nSPS) is 20.8. The summed E-state index contributed by atoms with van der Waals surface area (Å²) in [4.78, 5) is 18.1. The van der Waals surface area contributed by atoms with Crippen LogP contribution in [0.3, 0.4) is 0 Å². The lowest BCUT2D eigenvalue weighted by Crippen LogP contribution is -2.39. The summed E-state index contributed by atoms with van der Waals surface area (Å²) >= 11 is 0. The Balaban J connectivity index is 1.84. The van der Waals surface area contributed by atoms with Crippen LogP contribution in [0.15, 0.2) is 24.4 Å². The molecule has 3 N–H and O–H groups in total. The maximum absolute atomic E-state index is 11.6. The molecule has 1 aromatic heterocycles. The first-order valence-corrected chi connectivity index (χ1v) is 6.36. The van der Waals surface area contributed by atoms with Crippen molar-refractivity contribution in [2.45, 2.75) is 31.8 Å². The molecule has 0 saturated carbocycles. The molecule has 1 fully saturated rings. The monoisotopic (exact) mass is 248 g/mol. The predicted octanol–water partition coefficient (Wildman–Crippen LogP) is 0.514. The topological polar surface area (TPSA) is 71.2 Å². The Morgan fingerprint density at radius 2 is 2.50 bits per heavy atom. The van der Waals surface area contributed by atoms with Crippen molar-refractivity contribution < 1.29 is 4.79 Å². The van der Waals surface area contributed by atoms with Crippen molar-refractivity contribution in [1.29, 1.82) is 0 Å². The Kier molecular flexibility index (Phi) is 4.15. The van der Waals surface area contributed by atoms with E-state index in [4.69, 9.17) is 5.73 Å². The van der Waals surface area contributed by atoms with Gasteiger partial charge in [-0.1, -0.05) is 6.07 Å². The minimum atomic E-state index is -0.0849. The highest BCUT2D eigenvalue weighted by atomic mass is 16.1. The lowest BCUT2D eigenvalue weighted by molar-refractivity contribution is -0.121. The molecule has 0 spiro atoms. The third kappa shape index (κ3) is 3.43. The summed E-state index contributed by atoms with van der Waals surface area (Å²) in [6.07, 6.45) is 3.14. The number of carbonyl (C=O) groups is 1. The molecule has 98 valence electrons. The molecule has 2 unspecified atom stereocenters. The summed E-state index contributed by atoms with van der Waals surface area (Å²) in [5.41, 5.74) is 5.60. The van der Waals surface area contributed by atoms with Gasteiger partial charge in [-0.15, -0.1) is 0 Å². The SMILES string of the molecule is CC(N)CC(=O)NC1CCN(c2ccccn2)C1. The number of carbonyl (C=O) groups excluding carboxylic acids is 1. The number of rotatable bonds is 4. The number of aromatic nitrogens is 1. The standard InChI is InChI=1S/C13H20N4O/c1-10(14)8-13(18)16-11-5-7-17(9-11)12-4-2-3-6-15-12/h2-4,6,10-11H,5,7-9,14H2,1H3,(H,16,18). The molecule has 0 radical (unpaired) electrons. The third-order valence-corrected chi connectivity index (χ3v) is 3.03. The van der Waals surface area contributed by atoms with Crippen molar-refractivity contribution in [2.24, 2.45) is 5.73 Å². The number of amides is 1. The van der Waals surface area contributed by atoms with E-state index in [1.165, 1.54) is 0 Å². The fourth-order valence-corrected chi connectivity index (χ4v) is 2.21. The first-order valence-electron chi connectivity index (χ1n) is 6.36. The number of hydrogen-bond acceptors (Lipinski definition) is 4. The fourth-order valence-electron chi connectivity index (χ4n) is 2.21. The van der Waals surface area contributed by atoms with Gasteiger partial charge < -0.3 is 16.0 Å². The second kappa shape index (κ2) is 5.82. The van der Waals surface area contributed by atoms with Crippen molar-refractivity contribution in [3.05, 3.63) is 24.4 Å². The average Bonchev–Trinajstić information content (AvgIpc) is 2.77. The Bertz CT molecular complexity index is 393. The van der Waals surface area contributed by atoms with Gasteiger partial charge in [-0.3, -0.25) is 4.79 Å². The van der Waals surface area contributed by atoms with E-state index in [1.54, 1.807) is 6.20 Å². The van der Waals surface area contributed by atoms with Crippen molar-refractivity contribution in [2.75, 3.05) is 18.0 Å². The van der Waals surface area contributed by atoms with Crippen molar-refractivity contribution >= 4 is 11.7 Å². The molecule has 1 aliphatic rings. The molecule has 5 nitrogen and oxygen atoms in total. The molecular formula is C13H20N4O. The van der Waals surface area contributed by atoms with Crippen molar-refractivity contribution in [3.63, 3.8) is 0 Å². The highest BCUT2D eigenvalue weighted by Gasteiger charge is 2.24. The lowest BCUT2D eigenvalue weighted by Gasteiger charge is -2.18. The largest absolute Gasteiger partial charge is 0.354 e. The molecule has 0 aliphatic carbocycles. The quantitative estimate of drug-likeness (QED) is 0.814. The number of pyridine rings is 1. The molecular weight excluding hydrogens is 228 g/mol. The highest BCUT2D eigenvalue weighted by molar-refractivity contribution is 5.77. The van der Waals surface area contributed by atoms with E-state index in [0.29, 0.717) is 6.42 Å². The molecule has 1 amide bonds. The number of anilines is 1. The summed E-state index contributed by atoms with van der Waals surface area (Å²) in [5.74, 6) is 1.01. The predicted molar refractivity (Wildman–Crippen MR) is 71.3 cm³/mol. The number of nitrogens with zero attached hydrogens (tertiary/aromatic N) is 2. The van der Waals surface area contributed by atoms with Gasteiger partial charge in [0.1, 0.15) is 5.82 Å². The number of hydrogen-bond donors (Lipinski definition) is 2. The third-order valence-electron chi connectivity index (χ3n) is 3.03. The zero-order valence-corrected chi connectivity index (χ0v) is 10.7. The first kappa shape index (κ1) is 12.8. The Morgan fingerprint density at radius 1 is 1.67 bits per heavy atom. The van der Waals surface area contributed by atoms with Crippen LogP contribution in [-0.2, 0) is 4.79 Å². The molecule has 0 bridgehead atoms. The minimum Gasteiger partial charge on any atom is -0.354 e. The molecule has 2 atom stereocenters. The summed E-state index contributed by atoms with van der Waals surface area (Å²) in [6, 6.07) is 5.99. The second-order valence-corrected chi connectivity index (χ2v) is 4.87. The van der Waals surface area contributed by atoms with Crippen LogP contribution in [0.1, 0.15) is 19.8 Å². The van der Waals surface area contributed by atoms with Gasteiger partial charge >= 0.3 is 0 Å². The van der Waals surface area contributed by atoms with E-state index in [1.807, 2.05) is 25.1 Å². The summed E-state index contributed by atoms with van der Waals surface area (Å²) < 4.78 is 0. The van der Waals surface area contributed by atoms with Crippen molar-refractivity contribution in [3.8, 4) is 0 Å². The Labute approximate surface area is 107 Å². The van der Waals surface area contributed by atoms with Crippen LogP contribution < -0.4 is 16.0 Å². The van der Waals surface area contributed by atoms with E-state index < -0.39 is 0 Å². The van der Waals surface area contributed by atoms with Crippen LogP contribution in [0, 0.1) is 0 Å². The van der Waals surface area contributed by atoms with Gasteiger partial charge in [-0.2, -0.15) is 0 Å². The fraction of sp³-hybridized carbons (Fsp3) is 0.538. The molecule has 1 aliphatic heterocycles. The number of nitrogens with one attached hydrogen (secondary N) is 1. The maximum Gasteiger partial charge on any atom is 0.221 e. The highest BCUT2D eigenvalue weighted by Crippen LogP contribution is 2.17. The van der Waals surface area contributed by atoms with Gasteiger partial charge in [0.25, 0.3) is 0 Å². The van der Waals surface area contributed by atoms with Crippen LogP contribution in [0.5, 0.6) is 0 Å². The minimum absolute atomic E-state index is 0.0397. The van der Waals surface area contributed by atoms with Crippen LogP contribution >= 0.6 is 0 Å². The molecule has 0 aromatic carbocycles. The van der Waals surface area contributed by atoms with E-state index >= 15 is 0 Å². The van der Waals surface area contributed by atoms with Gasteiger partial charge in [-0.25, -0.2) is 4.98 Å². The molecule has 5 heteroatoms. The molecule has 2 heterocycles. The van der Waals surface area contributed by atoms with Crippen LogP contribution in [-0.4, -0.2) is 36.1 Å². The van der Waals surface area contributed by atoms with E-state index in [2.05, 4.69) is 15.2 Å². The summed E-state index contributed by atoms with van der Waals surface area (Å²) in [5, 5.41) is 3.02. The summed E-state index contributed by atoms with van der Waals surface area (Å²) in [6.45, 7) is 3.59. The van der Waals surface area contributed by atoms with Crippen LogP contribution in [0.25, 0.3) is 0 Å². The zero-order valence-electron chi connectivity index (χ0n) is 10.7. The average molecular weight is 248 g/mol. The van der Waals surface area contributed by atoms with E-state index in [0.717, 1.165) is 25.3 Å². The molecule has 2 rings (SSSR count). The Hall–Kier alpha value is -1.62. The Morgan fingerprint density at radius 3 is 3.17 bits per heavy atom. The molecule has 1 aromatic rings. The van der Waals surface area contributed by atoms with Gasteiger partial charge in [0.2, 0.25) is 5.91 Å². The molecule has 1 saturated heterocycles. The second-order valence-electron chi connectivity index (χ2n) is 4.87. The zero-order chi connectivity index (χ0) is 13.0. The first-order chi connectivity index (χ1) is 8.65. The van der Waals surface area contributed by atoms with Gasteiger partial charge in [-0.05, 0) is 25.5 Å². The molecule has 18 heavy (non-hydrogen) atoms. The van der Waals surface area contributed by atoms with Crippen LogP contribution in [0.4, 0.5) is 5.82 Å². The van der Waals surface area contributed by atoms with Crippen LogP contribution in [0.2, 0.25) is 0 Å². The van der Waals surface area contributed by atoms with E-state index in [9.17, 15) is 4.79 Å². The van der Waals surface area contributed by atoms with E-state index in [-0.39, 0.29) is 18.0 Å². The lowest BCUT2D eigenvalue weighted by atomic mass is 10.2. The maximum atomic E-state index is 11.6. The smallest absolute Gasteiger partial charge is 0.221 e. The number of nitrogens with two attached hydrogens (primary N) is 1.